The molecule has 0 bridgehead atoms. The highest BCUT2D eigenvalue weighted by atomic mass is 16.4. The summed E-state index contributed by atoms with van der Waals surface area (Å²) in [6, 6.07) is 16.2. The Morgan fingerprint density at radius 1 is 1.04 bits per heavy atom. The molecule has 0 aromatic heterocycles. The van der Waals surface area contributed by atoms with E-state index in [1.807, 2.05) is 30.3 Å². The van der Waals surface area contributed by atoms with Crippen molar-refractivity contribution in [2.45, 2.75) is 6.92 Å². The third kappa shape index (κ3) is 2.79. The number of carboxylic acid groups (broad SMARTS) is 1. The zero-order chi connectivity index (χ0) is 16.4. The van der Waals surface area contributed by atoms with Crippen LogP contribution in [-0.2, 0) is 0 Å². The van der Waals surface area contributed by atoms with Crippen molar-refractivity contribution in [1.29, 1.82) is 0 Å². The molecule has 3 aromatic carbocycles. The number of aromatic carboxylic acids is 1. The molecule has 0 radical (unpaired) electrons. The molecule has 0 saturated carbocycles. The van der Waals surface area contributed by atoms with Gasteiger partial charge in [0.05, 0.1) is 11.3 Å². The molecule has 4 heteroatoms. The van der Waals surface area contributed by atoms with Crippen LogP contribution in [0.2, 0.25) is 0 Å². The van der Waals surface area contributed by atoms with Crippen LogP contribution in [0.1, 0.15) is 21.5 Å². The van der Waals surface area contributed by atoms with Crippen molar-refractivity contribution >= 4 is 28.6 Å². The van der Waals surface area contributed by atoms with Crippen molar-refractivity contribution in [2.24, 2.45) is 4.99 Å². The second kappa shape index (κ2) is 5.93. The molecule has 0 unspecified atom stereocenters. The normalized spacial score (nSPS) is 11.2. The molecular weight excluding hydrogens is 290 g/mol. The van der Waals surface area contributed by atoms with Gasteiger partial charge in [-0.05, 0) is 35.4 Å². The molecule has 0 spiro atoms. The van der Waals surface area contributed by atoms with Crippen LogP contribution in [0.25, 0.3) is 10.8 Å². The maximum atomic E-state index is 11.4. The van der Waals surface area contributed by atoms with Gasteiger partial charge in [0.25, 0.3) is 0 Å². The molecule has 0 aliphatic carbocycles. The Bertz CT molecular complexity index is 929. The quantitative estimate of drug-likeness (QED) is 0.709. The van der Waals surface area contributed by atoms with E-state index in [-0.39, 0.29) is 11.3 Å². The number of fused-ring (bicyclic) bond motifs is 1. The molecule has 0 aliphatic heterocycles. The van der Waals surface area contributed by atoms with Crippen LogP contribution in [0, 0.1) is 6.92 Å². The first-order chi connectivity index (χ1) is 11.1. The van der Waals surface area contributed by atoms with Crippen LogP contribution in [0.5, 0.6) is 5.75 Å². The third-order valence-electron chi connectivity index (χ3n) is 3.75. The van der Waals surface area contributed by atoms with Gasteiger partial charge >= 0.3 is 5.97 Å². The Labute approximate surface area is 133 Å². The number of phenolic OH excluding ortho intramolecular Hbond substituents is 1. The van der Waals surface area contributed by atoms with E-state index in [1.165, 1.54) is 6.21 Å². The number of carbonyl (C=O) groups is 1. The average molecular weight is 305 g/mol. The minimum atomic E-state index is -1.02. The Kier molecular flexibility index (Phi) is 3.81. The van der Waals surface area contributed by atoms with Gasteiger partial charge in [-0.2, -0.15) is 0 Å². The number of phenols is 1. The van der Waals surface area contributed by atoms with Crippen molar-refractivity contribution in [1.82, 2.24) is 0 Å². The van der Waals surface area contributed by atoms with Gasteiger partial charge in [-0.15, -0.1) is 0 Å². The van der Waals surface area contributed by atoms with Crippen molar-refractivity contribution < 1.29 is 15.0 Å². The zero-order valence-corrected chi connectivity index (χ0v) is 12.5. The van der Waals surface area contributed by atoms with Crippen LogP contribution in [0.15, 0.2) is 59.6 Å². The third-order valence-corrected chi connectivity index (χ3v) is 3.75. The number of rotatable bonds is 3. The second-order valence-corrected chi connectivity index (χ2v) is 5.25. The van der Waals surface area contributed by atoms with E-state index in [4.69, 9.17) is 0 Å². The van der Waals surface area contributed by atoms with Gasteiger partial charge in [-0.25, -0.2) is 4.79 Å². The lowest BCUT2D eigenvalue weighted by Crippen LogP contribution is -2.00. The molecule has 3 aromatic rings. The summed E-state index contributed by atoms with van der Waals surface area (Å²) >= 11 is 0. The summed E-state index contributed by atoms with van der Waals surface area (Å²) in [6.07, 6.45) is 1.51. The molecule has 4 nitrogen and oxygen atoms in total. The summed E-state index contributed by atoms with van der Waals surface area (Å²) in [4.78, 5) is 15.7. The van der Waals surface area contributed by atoms with Crippen molar-refractivity contribution in [2.75, 3.05) is 0 Å². The monoisotopic (exact) mass is 305 g/mol. The minimum Gasteiger partial charge on any atom is -0.507 e. The van der Waals surface area contributed by atoms with Gasteiger partial charge in [0.15, 0.2) is 0 Å². The van der Waals surface area contributed by atoms with E-state index in [9.17, 15) is 15.0 Å². The Morgan fingerprint density at radius 3 is 2.61 bits per heavy atom. The summed E-state index contributed by atoms with van der Waals surface area (Å²) < 4.78 is 0. The number of benzene rings is 3. The molecule has 0 atom stereocenters. The molecule has 114 valence electrons. The number of carboxylic acids is 1. The van der Waals surface area contributed by atoms with Gasteiger partial charge in [0.2, 0.25) is 0 Å². The predicted molar refractivity (Wildman–Crippen MR) is 91.0 cm³/mol. The number of aliphatic imine (C=N–C) groups is 1. The van der Waals surface area contributed by atoms with Crippen LogP contribution in [0.3, 0.4) is 0 Å². The maximum absolute atomic E-state index is 11.4. The van der Waals surface area contributed by atoms with Gasteiger partial charge in [0.1, 0.15) is 5.75 Å². The van der Waals surface area contributed by atoms with E-state index in [0.717, 1.165) is 10.8 Å². The highest BCUT2D eigenvalue weighted by Gasteiger charge is 2.12. The minimum absolute atomic E-state index is 0.108. The molecule has 0 saturated heterocycles. The summed E-state index contributed by atoms with van der Waals surface area (Å²) in [7, 11) is 0. The van der Waals surface area contributed by atoms with E-state index in [2.05, 4.69) is 4.99 Å². The second-order valence-electron chi connectivity index (χ2n) is 5.25. The summed E-state index contributed by atoms with van der Waals surface area (Å²) in [6.45, 7) is 1.73. The molecule has 0 fully saturated rings. The van der Waals surface area contributed by atoms with Gasteiger partial charge in [0, 0.05) is 11.8 Å². The Balaban J connectivity index is 2.14. The molecule has 0 amide bonds. The Hall–Kier alpha value is -3.14. The van der Waals surface area contributed by atoms with E-state index in [1.54, 1.807) is 31.2 Å². The number of aryl methyl sites for hydroxylation is 1. The topological polar surface area (TPSA) is 69.9 Å². The average Bonchev–Trinajstić information content (AvgIpc) is 2.53. The number of hydrogen-bond donors (Lipinski definition) is 2. The molecule has 0 aliphatic rings. The summed E-state index contributed by atoms with van der Waals surface area (Å²) in [5.41, 5.74) is 1.75. The fraction of sp³-hybridized carbons (Fsp3) is 0.0526. The number of aromatic hydroxyl groups is 1. The predicted octanol–water partition coefficient (Wildman–Crippen LogP) is 4.30. The van der Waals surface area contributed by atoms with Crippen LogP contribution in [-0.4, -0.2) is 22.4 Å². The van der Waals surface area contributed by atoms with Crippen molar-refractivity contribution in [3.05, 3.63) is 71.3 Å². The van der Waals surface area contributed by atoms with E-state index < -0.39 is 5.97 Å². The zero-order valence-electron chi connectivity index (χ0n) is 12.5. The van der Waals surface area contributed by atoms with Crippen LogP contribution in [0.4, 0.5) is 5.69 Å². The maximum Gasteiger partial charge on any atom is 0.338 e. The summed E-state index contributed by atoms with van der Waals surface area (Å²) in [5.74, 6) is -0.908. The SMILES string of the molecule is Cc1cccc(N=Cc2c(O)ccc3ccccc23)c1C(=O)O. The first-order valence-corrected chi connectivity index (χ1v) is 7.15. The molecule has 0 heterocycles. The van der Waals surface area contributed by atoms with E-state index in [0.29, 0.717) is 16.8 Å². The standard InChI is InChI=1S/C19H15NO3/c1-12-5-4-8-16(18(12)19(22)23)20-11-15-14-7-3-2-6-13(14)9-10-17(15)21/h2-11,21H,1H3,(H,22,23). The van der Waals surface area contributed by atoms with Crippen molar-refractivity contribution in [3.63, 3.8) is 0 Å². The largest absolute Gasteiger partial charge is 0.507 e. The van der Waals surface area contributed by atoms with Crippen LogP contribution >= 0.6 is 0 Å². The summed E-state index contributed by atoms with van der Waals surface area (Å²) in [5, 5.41) is 21.3. The van der Waals surface area contributed by atoms with E-state index >= 15 is 0 Å². The lowest BCUT2D eigenvalue weighted by Gasteiger charge is -2.06. The van der Waals surface area contributed by atoms with Crippen molar-refractivity contribution in [3.8, 4) is 5.75 Å². The smallest absolute Gasteiger partial charge is 0.338 e. The number of hydrogen-bond acceptors (Lipinski definition) is 3. The van der Waals surface area contributed by atoms with Gasteiger partial charge in [-0.1, -0.05) is 42.5 Å². The van der Waals surface area contributed by atoms with Crippen LogP contribution < -0.4 is 0 Å². The first kappa shape index (κ1) is 14.8. The number of nitrogens with zero attached hydrogens (tertiary/aromatic N) is 1. The van der Waals surface area contributed by atoms with Gasteiger partial charge in [-0.3, -0.25) is 4.99 Å². The molecular formula is C19H15NO3. The molecule has 2 N–H and O–H groups in total. The first-order valence-electron chi connectivity index (χ1n) is 7.15. The highest BCUT2D eigenvalue weighted by molar-refractivity contribution is 6.04. The lowest BCUT2D eigenvalue weighted by atomic mass is 10.0. The molecule has 23 heavy (non-hydrogen) atoms. The lowest BCUT2D eigenvalue weighted by molar-refractivity contribution is 0.0697. The van der Waals surface area contributed by atoms with Gasteiger partial charge < -0.3 is 10.2 Å². The Morgan fingerprint density at radius 2 is 1.83 bits per heavy atom. The fourth-order valence-electron chi connectivity index (χ4n) is 2.59. The molecule has 3 rings (SSSR count). The highest BCUT2D eigenvalue weighted by Crippen LogP contribution is 2.27. The fourth-order valence-corrected chi connectivity index (χ4v) is 2.59.